The van der Waals surface area contributed by atoms with Crippen molar-refractivity contribution in [1.82, 2.24) is 16.0 Å². The number of anilines is 1. The lowest BCUT2D eigenvalue weighted by molar-refractivity contribution is -0.123. The van der Waals surface area contributed by atoms with Gasteiger partial charge in [0.25, 0.3) is 0 Å². The van der Waals surface area contributed by atoms with Crippen molar-refractivity contribution in [2.24, 2.45) is 23.7 Å². The van der Waals surface area contributed by atoms with Gasteiger partial charge in [-0.3, -0.25) is 4.79 Å². The summed E-state index contributed by atoms with van der Waals surface area (Å²) in [6, 6.07) is 6.89. The van der Waals surface area contributed by atoms with Crippen molar-refractivity contribution in [2.75, 3.05) is 25.0 Å². The van der Waals surface area contributed by atoms with Crippen LogP contribution in [0, 0.1) is 30.6 Å². The highest BCUT2D eigenvalue weighted by atomic mass is 16.2. The average Bonchev–Trinajstić information content (AvgIpc) is 3.50. The van der Waals surface area contributed by atoms with Crippen molar-refractivity contribution in [3.05, 3.63) is 29.3 Å². The maximum absolute atomic E-state index is 13.2. The number of aryl methyl sites for hydroxylation is 1. The number of hydrogen-bond donors (Lipinski definition) is 4. The van der Waals surface area contributed by atoms with E-state index < -0.39 is 0 Å². The molecule has 0 aromatic heterocycles. The number of nitrogens with one attached hydrogen (secondary N) is 4. The Balaban J connectivity index is 1.21. The Labute approximate surface area is 181 Å². The largest absolute Gasteiger partial charge is 0.373 e. The van der Waals surface area contributed by atoms with E-state index in [0.717, 1.165) is 30.5 Å². The number of benzene rings is 1. The zero-order valence-corrected chi connectivity index (χ0v) is 18.5. The Kier molecular flexibility index (Phi) is 5.76. The second-order valence-corrected chi connectivity index (χ2v) is 10.4. The zero-order chi connectivity index (χ0) is 20.7. The number of amides is 1. The molecule has 1 aliphatic carbocycles. The number of para-hydroxylation sites is 1. The Hall–Kier alpha value is -1.59. The summed E-state index contributed by atoms with van der Waals surface area (Å²) in [7, 11) is 0. The molecular formula is C25H38N4O. The summed E-state index contributed by atoms with van der Waals surface area (Å²) in [5, 5.41) is 14.5. The normalized spacial score (nSPS) is 34.7. The van der Waals surface area contributed by atoms with E-state index in [1.54, 1.807) is 0 Å². The van der Waals surface area contributed by atoms with Gasteiger partial charge in [-0.25, -0.2) is 0 Å². The molecular weight excluding hydrogens is 372 g/mol. The van der Waals surface area contributed by atoms with Gasteiger partial charge in [-0.1, -0.05) is 25.1 Å². The molecule has 1 aromatic rings. The lowest BCUT2D eigenvalue weighted by atomic mass is 9.74. The number of fused-ring (bicyclic) bond motifs is 1. The summed E-state index contributed by atoms with van der Waals surface area (Å²) in [4.78, 5) is 13.2. The van der Waals surface area contributed by atoms with Crippen LogP contribution in [0.1, 0.15) is 50.2 Å². The van der Waals surface area contributed by atoms with E-state index in [9.17, 15) is 4.79 Å². The van der Waals surface area contributed by atoms with Gasteiger partial charge in [0.1, 0.15) is 6.04 Å². The first-order valence-corrected chi connectivity index (χ1v) is 12.2. The van der Waals surface area contributed by atoms with Crippen LogP contribution in [0.25, 0.3) is 0 Å². The number of carbonyl (C=O) groups excluding carboxylic acids is 1. The van der Waals surface area contributed by atoms with Crippen LogP contribution in [-0.2, 0) is 11.2 Å². The van der Waals surface area contributed by atoms with Crippen LogP contribution >= 0.6 is 0 Å². The molecule has 4 N–H and O–H groups in total. The highest BCUT2D eigenvalue weighted by molar-refractivity contribution is 5.88. The third-order valence-electron chi connectivity index (χ3n) is 8.15. The SMILES string of the molecule is Cc1cccc2c1NC(C(=O)NC(C1CC1)C1NCC(C3CCCNC3)CC1C)C2. The van der Waals surface area contributed by atoms with E-state index in [0.29, 0.717) is 17.9 Å². The molecule has 1 aromatic carbocycles. The van der Waals surface area contributed by atoms with Gasteiger partial charge in [0.2, 0.25) is 5.91 Å². The summed E-state index contributed by atoms with van der Waals surface area (Å²) in [5.41, 5.74) is 3.66. The minimum absolute atomic E-state index is 0.137. The molecule has 6 atom stereocenters. The fraction of sp³-hybridized carbons (Fsp3) is 0.720. The molecule has 0 spiro atoms. The van der Waals surface area contributed by atoms with Gasteiger partial charge in [0, 0.05) is 24.2 Å². The van der Waals surface area contributed by atoms with E-state index in [1.165, 1.54) is 56.3 Å². The Morgan fingerprint density at radius 3 is 2.73 bits per heavy atom. The van der Waals surface area contributed by atoms with Crippen LogP contribution in [0.5, 0.6) is 0 Å². The minimum atomic E-state index is -0.137. The smallest absolute Gasteiger partial charge is 0.243 e. The maximum Gasteiger partial charge on any atom is 0.243 e. The number of hydrogen-bond acceptors (Lipinski definition) is 4. The van der Waals surface area contributed by atoms with Crippen LogP contribution < -0.4 is 21.3 Å². The van der Waals surface area contributed by atoms with Crippen molar-refractivity contribution >= 4 is 11.6 Å². The summed E-state index contributed by atoms with van der Waals surface area (Å²) in [5.74, 6) is 3.01. The number of carbonyl (C=O) groups is 1. The fourth-order valence-electron chi connectivity index (χ4n) is 6.25. The summed E-state index contributed by atoms with van der Waals surface area (Å²) in [6.45, 7) is 7.98. The van der Waals surface area contributed by atoms with E-state index in [4.69, 9.17) is 0 Å². The van der Waals surface area contributed by atoms with Gasteiger partial charge in [0.15, 0.2) is 0 Å². The fourth-order valence-corrected chi connectivity index (χ4v) is 6.25. The van der Waals surface area contributed by atoms with Crippen molar-refractivity contribution in [3.8, 4) is 0 Å². The first-order valence-electron chi connectivity index (χ1n) is 12.2. The molecule has 4 aliphatic rings. The van der Waals surface area contributed by atoms with Crippen LogP contribution in [0.15, 0.2) is 18.2 Å². The number of rotatable bonds is 5. The van der Waals surface area contributed by atoms with Crippen LogP contribution in [0.4, 0.5) is 5.69 Å². The predicted molar refractivity (Wildman–Crippen MR) is 122 cm³/mol. The summed E-state index contributed by atoms with van der Waals surface area (Å²) >= 11 is 0. The number of piperidine rings is 2. The van der Waals surface area contributed by atoms with Gasteiger partial charge >= 0.3 is 0 Å². The second kappa shape index (κ2) is 8.51. The Morgan fingerprint density at radius 1 is 1.17 bits per heavy atom. The topological polar surface area (TPSA) is 65.2 Å². The minimum Gasteiger partial charge on any atom is -0.373 e. The summed E-state index contributed by atoms with van der Waals surface area (Å²) < 4.78 is 0. The lowest BCUT2D eigenvalue weighted by Crippen LogP contribution is -2.60. The third kappa shape index (κ3) is 4.11. The lowest BCUT2D eigenvalue weighted by Gasteiger charge is -2.43. The second-order valence-electron chi connectivity index (χ2n) is 10.4. The molecule has 0 radical (unpaired) electrons. The van der Waals surface area contributed by atoms with Crippen LogP contribution in [0.2, 0.25) is 0 Å². The zero-order valence-electron chi connectivity index (χ0n) is 18.5. The van der Waals surface area contributed by atoms with E-state index in [1.807, 2.05) is 0 Å². The van der Waals surface area contributed by atoms with Crippen LogP contribution in [-0.4, -0.2) is 43.7 Å². The predicted octanol–water partition coefficient (Wildman–Crippen LogP) is 2.84. The molecule has 3 aliphatic heterocycles. The molecule has 5 rings (SSSR count). The quantitative estimate of drug-likeness (QED) is 0.603. The molecule has 3 fully saturated rings. The van der Waals surface area contributed by atoms with Gasteiger partial charge < -0.3 is 21.3 Å². The van der Waals surface area contributed by atoms with Gasteiger partial charge in [-0.05, 0) is 93.5 Å². The van der Waals surface area contributed by atoms with E-state index in [-0.39, 0.29) is 18.0 Å². The van der Waals surface area contributed by atoms with Crippen molar-refractivity contribution in [2.45, 2.75) is 70.5 Å². The molecule has 5 heteroatoms. The van der Waals surface area contributed by atoms with Crippen molar-refractivity contribution < 1.29 is 4.79 Å². The molecule has 1 saturated carbocycles. The third-order valence-corrected chi connectivity index (χ3v) is 8.15. The van der Waals surface area contributed by atoms with Crippen LogP contribution in [0.3, 0.4) is 0 Å². The van der Waals surface area contributed by atoms with E-state index >= 15 is 0 Å². The van der Waals surface area contributed by atoms with Gasteiger partial charge in [0.05, 0.1) is 0 Å². The van der Waals surface area contributed by atoms with Crippen molar-refractivity contribution in [1.29, 1.82) is 0 Å². The average molecular weight is 411 g/mol. The Bertz CT molecular complexity index is 770. The first kappa shape index (κ1) is 20.3. The van der Waals surface area contributed by atoms with Crippen molar-refractivity contribution in [3.63, 3.8) is 0 Å². The maximum atomic E-state index is 13.2. The Morgan fingerprint density at radius 2 is 2.03 bits per heavy atom. The standard InChI is InChI=1S/C25H38N4O/c1-15-5-3-6-18-12-21(28-22(15)18)25(30)29-24(17-8-9-17)23-16(2)11-20(14-27-23)19-7-4-10-26-13-19/h3,5-6,16-17,19-21,23-24,26-28H,4,7-14H2,1-2H3,(H,29,30). The molecule has 2 saturated heterocycles. The van der Waals surface area contributed by atoms with Gasteiger partial charge in [-0.15, -0.1) is 0 Å². The highest BCUT2D eigenvalue weighted by Crippen LogP contribution is 2.39. The molecule has 5 nitrogen and oxygen atoms in total. The first-order chi connectivity index (χ1) is 14.6. The molecule has 0 bridgehead atoms. The molecule has 6 unspecified atom stereocenters. The molecule has 3 heterocycles. The molecule has 1 amide bonds. The van der Waals surface area contributed by atoms with Gasteiger partial charge in [-0.2, -0.15) is 0 Å². The molecule has 30 heavy (non-hydrogen) atoms. The highest BCUT2D eigenvalue weighted by Gasteiger charge is 2.43. The monoisotopic (exact) mass is 410 g/mol. The van der Waals surface area contributed by atoms with E-state index in [2.05, 4.69) is 53.3 Å². The summed E-state index contributed by atoms with van der Waals surface area (Å²) in [6.07, 6.45) is 7.27. The molecule has 164 valence electrons.